The van der Waals surface area contributed by atoms with Crippen LogP contribution in [-0.2, 0) is 16.3 Å². The summed E-state index contributed by atoms with van der Waals surface area (Å²) in [6, 6.07) is 10.3. The van der Waals surface area contributed by atoms with Crippen LogP contribution in [0.5, 0.6) is 0 Å². The highest BCUT2D eigenvalue weighted by atomic mass is 32.2. The minimum absolute atomic E-state index is 0.190. The van der Waals surface area contributed by atoms with E-state index in [0.717, 1.165) is 18.1 Å². The Kier molecular flexibility index (Phi) is 5.48. The quantitative estimate of drug-likeness (QED) is 0.671. The average Bonchev–Trinajstić information content (AvgIpc) is 3.01. The van der Waals surface area contributed by atoms with E-state index in [2.05, 4.69) is 20.3 Å². The molecule has 0 fully saturated rings. The minimum Gasteiger partial charge on any atom is -0.369 e. The zero-order chi connectivity index (χ0) is 19.6. The van der Waals surface area contributed by atoms with Crippen LogP contribution in [-0.4, -0.2) is 55.1 Å². The second-order valence-corrected chi connectivity index (χ2v) is 8.58. The lowest BCUT2D eigenvalue weighted by atomic mass is 10.3. The SMILES string of the molecule is CCc1nn2c(NCCN(C)C)cc(C)nc2c1S(=O)(=O)c1ccccc1. The molecule has 0 aliphatic heterocycles. The molecular weight excluding hydrogens is 362 g/mol. The zero-order valence-corrected chi connectivity index (χ0v) is 16.9. The van der Waals surface area contributed by atoms with Crippen molar-refractivity contribution in [2.24, 2.45) is 0 Å². The average molecular weight is 388 g/mol. The number of anilines is 1. The molecule has 0 saturated carbocycles. The van der Waals surface area contributed by atoms with Gasteiger partial charge in [0.2, 0.25) is 9.84 Å². The second-order valence-electron chi connectivity index (χ2n) is 6.69. The van der Waals surface area contributed by atoms with Crippen LogP contribution in [0.3, 0.4) is 0 Å². The van der Waals surface area contributed by atoms with E-state index in [9.17, 15) is 8.42 Å². The van der Waals surface area contributed by atoms with Gasteiger partial charge in [-0.05, 0) is 39.6 Å². The molecule has 0 aliphatic carbocycles. The Balaban J connectivity index is 2.18. The zero-order valence-electron chi connectivity index (χ0n) is 16.1. The first kappa shape index (κ1) is 19.3. The van der Waals surface area contributed by atoms with Gasteiger partial charge in [0, 0.05) is 24.8 Å². The van der Waals surface area contributed by atoms with Crippen LogP contribution in [0.15, 0.2) is 46.2 Å². The summed E-state index contributed by atoms with van der Waals surface area (Å²) < 4.78 is 28.2. The Hall–Kier alpha value is -2.45. The van der Waals surface area contributed by atoms with Crippen molar-refractivity contribution in [1.29, 1.82) is 0 Å². The van der Waals surface area contributed by atoms with E-state index in [-0.39, 0.29) is 9.79 Å². The highest BCUT2D eigenvalue weighted by molar-refractivity contribution is 7.91. The minimum atomic E-state index is -3.71. The summed E-state index contributed by atoms with van der Waals surface area (Å²) in [5.74, 6) is 0.739. The number of nitrogens with one attached hydrogen (secondary N) is 1. The number of aromatic nitrogens is 3. The van der Waals surface area contributed by atoms with E-state index < -0.39 is 9.84 Å². The number of fused-ring (bicyclic) bond motifs is 1. The van der Waals surface area contributed by atoms with Crippen molar-refractivity contribution in [3.05, 3.63) is 47.8 Å². The number of aryl methyl sites for hydroxylation is 2. The fraction of sp³-hybridized carbons (Fsp3) is 0.368. The van der Waals surface area contributed by atoms with Crippen LogP contribution in [0.4, 0.5) is 5.82 Å². The van der Waals surface area contributed by atoms with Gasteiger partial charge in [0.1, 0.15) is 10.7 Å². The molecule has 1 N–H and O–H groups in total. The Morgan fingerprint density at radius 3 is 2.52 bits per heavy atom. The Morgan fingerprint density at radius 2 is 1.89 bits per heavy atom. The maximum atomic E-state index is 13.3. The molecule has 0 unspecified atom stereocenters. The standard InChI is InChI=1S/C19H25N5O2S/c1-5-16-18(27(25,26)15-9-7-6-8-10-15)19-21-14(2)13-17(24(19)22-16)20-11-12-23(3)4/h6-10,13,20H,5,11-12H2,1-4H3. The lowest BCUT2D eigenvalue weighted by Gasteiger charge is -2.13. The van der Waals surface area contributed by atoms with Crippen molar-refractivity contribution in [2.45, 2.75) is 30.1 Å². The molecular formula is C19H25N5O2S. The molecule has 7 nitrogen and oxygen atoms in total. The smallest absolute Gasteiger partial charge is 0.212 e. The summed E-state index contributed by atoms with van der Waals surface area (Å²) in [6.45, 7) is 5.32. The van der Waals surface area contributed by atoms with E-state index >= 15 is 0 Å². The van der Waals surface area contributed by atoms with Gasteiger partial charge in [-0.25, -0.2) is 13.4 Å². The molecule has 3 aromatic rings. The maximum absolute atomic E-state index is 13.3. The summed E-state index contributed by atoms with van der Waals surface area (Å²) in [7, 11) is 0.291. The number of nitrogens with zero attached hydrogens (tertiary/aromatic N) is 4. The van der Waals surface area contributed by atoms with Gasteiger partial charge in [-0.15, -0.1) is 0 Å². The second kappa shape index (κ2) is 7.66. The molecule has 0 amide bonds. The highest BCUT2D eigenvalue weighted by Gasteiger charge is 2.28. The monoisotopic (exact) mass is 387 g/mol. The van der Waals surface area contributed by atoms with Gasteiger partial charge in [0.25, 0.3) is 0 Å². The van der Waals surface area contributed by atoms with Gasteiger partial charge in [-0.3, -0.25) is 0 Å². The molecule has 144 valence electrons. The predicted molar refractivity (Wildman–Crippen MR) is 106 cm³/mol. The van der Waals surface area contributed by atoms with E-state index in [1.54, 1.807) is 34.8 Å². The maximum Gasteiger partial charge on any atom is 0.212 e. The van der Waals surface area contributed by atoms with Gasteiger partial charge in [-0.2, -0.15) is 9.61 Å². The largest absolute Gasteiger partial charge is 0.369 e. The molecule has 0 atom stereocenters. The lowest BCUT2D eigenvalue weighted by Crippen LogP contribution is -2.21. The van der Waals surface area contributed by atoms with Crippen LogP contribution < -0.4 is 5.32 Å². The van der Waals surface area contributed by atoms with Gasteiger partial charge in [0.15, 0.2) is 5.65 Å². The van der Waals surface area contributed by atoms with E-state index in [4.69, 9.17) is 0 Å². The van der Waals surface area contributed by atoms with Crippen LogP contribution in [0.2, 0.25) is 0 Å². The topological polar surface area (TPSA) is 79.6 Å². The first-order valence-electron chi connectivity index (χ1n) is 8.92. The van der Waals surface area contributed by atoms with Crippen molar-refractivity contribution in [2.75, 3.05) is 32.5 Å². The third-order valence-corrected chi connectivity index (χ3v) is 6.11. The van der Waals surface area contributed by atoms with Gasteiger partial charge >= 0.3 is 0 Å². The molecule has 8 heteroatoms. The third kappa shape index (κ3) is 3.81. The lowest BCUT2D eigenvalue weighted by molar-refractivity contribution is 0.425. The molecule has 0 aliphatic rings. The van der Waals surface area contributed by atoms with Gasteiger partial charge in [-0.1, -0.05) is 25.1 Å². The summed E-state index contributed by atoms with van der Waals surface area (Å²) in [5.41, 5.74) is 1.62. The van der Waals surface area contributed by atoms with Crippen LogP contribution >= 0.6 is 0 Å². The molecule has 3 rings (SSSR count). The molecule has 1 aromatic carbocycles. The van der Waals surface area contributed by atoms with Crippen molar-refractivity contribution < 1.29 is 8.42 Å². The Bertz CT molecular complexity index is 1040. The van der Waals surface area contributed by atoms with Gasteiger partial charge < -0.3 is 10.2 Å². The van der Waals surface area contributed by atoms with Crippen LogP contribution in [0.1, 0.15) is 18.3 Å². The van der Waals surface area contributed by atoms with Gasteiger partial charge in [0.05, 0.1) is 10.6 Å². The highest BCUT2D eigenvalue weighted by Crippen LogP contribution is 2.29. The normalized spacial score (nSPS) is 12.0. The van der Waals surface area contributed by atoms with E-state index in [0.29, 0.717) is 24.3 Å². The Morgan fingerprint density at radius 1 is 1.19 bits per heavy atom. The molecule has 27 heavy (non-hydrogen) atoms. The third-order valence-electron chi connectivity index (χ3n) is 4.26. The summed E-state index contributed by atoms with van der Waals surface area (Å²) in [4.78, 5) is 7.02. The molecule has 2 aromatic heterocycles. The molecule has 0 radical (unpaired) electrons. The molecule has 0 spiro atoms. The summed E-state index contributed by atoms with van der Waals surface area (Å²) >= 11 is 0. The van der Waals surface area contributed by atoms with Crippen molar-refractivity contribution in [3.8, 4) is 0 Å². The molecule has 2 heterocycles. The number of likely N-dealkylation sites (N-methyl/N-ethyl adjacent to an activating group) is 1. The van der Waals surface area contributed by atoms with E-state index in [1.807, 2.05) is 34.0 Å². The van der Waals surface area contributed by atoms with Crippen LogP contribution in [0, 0.1) is 6.92 Å². The summed E-state index contributed by atoms with van der Waals surface area (Å²) in [6.07, 6.45) is 0.501. The first-order valence-corrected chi connectivity index (χ1v) is 10.4. The predicted octanol–water partition coefficient (Wildman–Crippen LogP) is 2.41. The number of rotatable bonds is 7. The van der Waals surface area contributed by atoms with Crippen molar-refractivity contribution in [1.82, 2.24) is 19.5 Å². The van der Waals surface area contributed by atoms with Crippen molar-refractivity contribution >= 4 is 21.3 Å². The molecule has 0 bridgehead atoms. The molecule has 0 saturated heterocycles. The Labute approximate surface area is 160 Å². The number of sulfone groups is 1. The number of benzene rings is 1. The fourth-order valence-electron chi connectivity index (χ4n) is 2.92. The number of hydrogen-bond donors (Lipinski definition) is 1. The van der Waals surface area contributed by atoms with E-state index in [1.165, 1.54) is 0 Å². The number of hydrogen-bond acceptors (Lipinski definition) is 6. The van der Waals surface area contributed by atoms with Crippen molar-refractivity contribution in [3.63, 3.8) is 0 Å². The first-order chi connectivity index (χ1) is 12.8. The fourth-order valence-corrected chi connectivity index (χ4v) is 4.54. The van der Waals surface area contributed by atoms with Crippen LogP contribution in [0.25, 0.3) is 5.65 Å². The summed E-state index contributed by atoms with van der Waals surface area (Å²) in [5, 5.41) is 7.90.